The summed E-state index contributed by atoms with van der Waals surface area (Å²) in [7, 11) is 0. The van der Waals surface area contributed by atoms with Crippen LogP contribution in [0.4, 0.5) is 0 Å². The summed E-state index contributed by atoms with van der Waals surface area (Å²) in [6, 6.07) is 5.74. The van der Waals surface area contributed by atoms with Crippen molar-refractivity contribution in [1.29, 1.82) is 0 Å². The quantitative estimate of drug-likeness (QED) is 0.823. The fraction of sp³-hybridized carbons (Fsp3) is 0.357. The number of thioether (sulfide) groups is 1. The molecule has 0 fully saturated rings. The van der Waals surface area contributed by atoms with E-state index in [4.69, 9.17) is 16.7 Å². The molecule has 21 heavy (non-hydrogen) atoms. The molecule has 0 atom stereocenters. The number of aromatic nitrogens is 3. The second-order valence-electron chi connectivity index (χ2n) is 4.60. The van der Waals surface area contributed by atoms with Crippen LogP contribution in [0.15, 0.2) is 23.4 Å². The van der Waals surface area contributed by atoms with E-state index in [1.54, 1.807) is 0 Å². The van der Waals surface area contributed by atoms with Crippen molar-refractivity contribution in [2.24, 2.45) is 0 Å². The summed E-state index contributed by atoms with van der Waals surface area (Å²) in [5.74, 6) is -0.186. The van der Waals surface area contributed by atoms with E-state index in [2.05, 4.69) is 17.1 Å². The topological polar surface area (TPSA) is 68.0 Å². The molecule has 2 rings (SSSR count). The number of hydrogen-bond acceptors (Lipinski definition) is 4. The summed E-state index contributed by atoms with van der Waals surface area (Å²) < 4.78 is 1.94. The standard InChI is InChI=1S/C14H16ClN3O2S/c1-3-6-18-13(10-5-4-9(2)11(15)7-10)16-17-14(18)21-8-12(19)20/h4-5,7H,3,6,8H2,1-2H3,(H,19,20). The van der Waals surface area contributed by atoms with E-state index in [0.29, 0.717) is 16.0 Å². The summed E-state index contributed by atoms with van der Waals surface area (Å²) in [6.45, 7) is 4.73. The number of benzene rings is 1. The molecule has 1 aromatic carbocycles. The Hall–Kier alpha value is -1.53. The number of carboxylic acid groups (broad SMARTS) is 1. The zero-order valence-electron chi connectivity index (χ0n) is 11.8. The Kier molecular flexibility index (Phi) is 5.25. The van der Waals surface area contributed by atoms with Crippen LogP contribution in [0.25, 0.3) is 11.4 Å². The van der Waals surface area contributed by atoms with Crippen LogP contribution in [-0.4, -0.2) is 31.6 Å². The van der Waals surface area contributed by atoms with Crippen LogP contribution in [0.2, 0.25) is 5.02 Å². The number of aliphatic carboxylic acids is 1. The molecule has 5 nitrogen and oxygen atoms in total. The van der Waals surface area contributed by atoms with Gasteiger partial charge >= 0.3 is 5.97 Å². The van der Waals surface area contributed by atoms with Gasteiger partial charge < -0.3 is 9.67 Å². The lowest BCUT2D eigenvalue weighted by Gasteiger charge is -2.09. The predicted octanol–water partition coefficient (Wildman–Crippen LogP) is 3.49. The molecular weight excluding hydrogens is 310 g/mol. The third-order valence-electron chi connectivity index (χ3n) is 2.92. The molecule has 0 saturated carbocycles. The maximum Gasteiger partial charge on any atom is 0.313 e. The van der Waals surface area contributed by atoms with E-state index >= 15 is 0 Å². The molecule has 0 unspecified atom stereocenters. The van der Waals surface area contributed by atoms with E-state index in [0.717, 1.165) is 24.1 Å². The van der Waals surface area contributed by atoms with Crippen molar-refractivity contribution in [1.82, 2.24) is 14.8 Å². The minimum Gasteiger partial charge on any atom is -0.481 e. The SMILES string of the molecule is CCCn1c(SCC(=O)O)nnc1-c1ccc(C)c(Cl)c1. The molecule has 0 bridgehead atoms. The highest BCUT2D eigenvalue weighted by Crippen LogP contribution is 2.27. The van der Waals surface area contributed by atoms with E-state index in [9.17, 15) is 4.79 Å². The van der Waals surface area contributed by atoms with Gasteiger partial charge in [-0.05, 0) is 25.0 Å². The second kappa shape index (κ2) is 6.95. The van der Waals surface area contributed by atoms with E-state index in [1.165, 1.54) is 11.8 Å². The highest BCUT2D eigenvalue weighted by molar-refractivity contribution is 7.99. The molecule has 0 spiro atoms. The Morgan fingerprint density at radius 3 is 2.81 bits per heavy atom. The fourth-order valence-corrected chi connectivity index (χ4v) is 2.76. The summed E-state index contributed by atoms with van der Waals surface area (Å²) >= 11 is 7.34. The molecule has 112 valence electrons. The zero-order chi connectivity index (χ0) is 15.4. The van der Waals surface area contributed by atoms with Crippen LogP contribution in [0.5, 0.6) is 0 Å². The van der Waals surface area contributed by atoms with Crippen molar-refractivity contribution < 1.29 is 9.90 Å². The normalized spacial score (nSPS) is 10.8. The lowest BCUT2D eigenvalue weighted by Crippen LogP contribution is -2.04. The Bertz CT molecular complexity index is 658. The number of rotatable bonds is 6. The van der Waals surface area contributed by atoms with Crippen LogP contribution in [0.1, 0.15) is 18.9 Å². The van der Waals surface area contributed by atoms with Gasteiger partial charge in [-0.2, -0.15) is 0 Å². The van der Waals surface area contributed by atoms with Gasteiger partial charge in [0.25, 0.3) is 0 Å². The molecule has 0 aliphatic carbocycles. The van der Waals surface area contributed by atoms with E-state index in [1.807, 2.05) is 29.7 Å². The highest BCUT2D eigenvalue weighted by Gasteiger charge is 2.15. The summed E-state index contributed by atoms with van der Waals surface area (Å²) in [4.78, 5) is 10.7. The minimum absolute atomic E-state index is 0.0312. The monoisotopic (exact) mass is 325 g/mol. The third kappa shape index (κ3) is 3.77. The number of carboxylic acids is 1. The molecule has 0 radical (unpaired) electrons. The molecule has 0 saturated heterocycles. The molecule has 7 heteroatoms. The van der Waals surface area contributed by atoms with Gasteiger partial charge in [-0.1, -0.05) is 42.4 Å². The van der Waals surface area contributed by atoms with Crippen LogP contribution in [0.3, 0.4) is 0 Å². The molecule has 0 aliphatic rings. The maximum absolute atomic E-state index is 10.7. The molecule has 1 heterocycles. The molecule has 0 aliphatic heterocycles. The Morgan fingerprint density at radius 2 is 2.19 bits per heavy atom. The zero-order valence-corrected chi connectivity index (χ0v) is 13.4. The lowest BCUT2D eigenvalue weighted by atomic mass is 10.1. The Labute approximate surface area is 132 Å². The third-order valence-corrected chi connectivity index (χ3v) is 4.28. The first kappa shape index (κ1) is 15.9. The number of aryl methyl sites for hydroxylation is 1. The first-order chi connectivity index (χ1) is 10.0. The number of halogens is 1. The van der Waals surface area contributed by atoms with Crippen molar-refractivity contribution in [3.05, 3.63) is 28.8 Å². The van der Waals surface area contributed by atoms with Gasteiger partial charge in [-0.25, -0.2) is 0 Å². The highest BCUT2D eigenvalue weighted by atomic mass is 35.5. The van der Waals surface area contributed by atoms with Gasteiger partial charge in [0.2, 0.25) is 0 Å². The molecule has 1 N–H and O–H groups in total. The van der Waals surface area contributed by atoms with Crippen LogP contribution in [0, 0.1) is 6.92 Å². The lowest BCUT2D eigenvalue weighted by molar-refractivity contribution is -0.133. The number of carbonyl (C=O) groups is 1. The molecule has 2 aromatic rings. The fourth-order valence-electron chi connectivity index (χ4n) is 1.89. The molecule has 1 aromatic heterocycles. The Morgan fingerprint density at radius 1 is 1.43 bits per heavy atom. The van der Waals surface area contributed by atoms with Gasteiger partial charge in [-0.3, -0.25) is 4.79 Å². The first-order valence-corrected chi connectivity index (χ1v) is 7.93. The smallest absolute Gasteiger partial charge is 0.313 e. The summed E-state index contributed by atoms with van der Waals surface area (Å²) in [5, 5.41) is 18.4. The maximum atomic E-state index is 10.7. The number of nitrogens with zero attached hydrogens (tertiary/aromatic N) is 3. The predicted molar refractivity (Wildman–Crippen MR) is 83.9 cm³/mol. The van der Waals surface area contributed by atoms with Crippen LogP contribution in [-0.2, 0) is 11.3 Å². The number of hydrogen-bond donors (Lipinski definition) is 1. The van der Waals surface area contributed by atoms with E-state index < -0.39 is 5.97 Å². The van der Waals surface area contributed by atoms with Gasteiger partial charge in [-0.15, -0.1) is 10.2 Å². The average Bonchev–Trinajstić information content (AvgIpc) is 2.83. The average molecular weight is 326 g/mol. The summed E-state index contributed by atoms with van der Waals surface area (Å²) in [6.07, 6.45) is 0.908. The van der Waals surface area contributed by atoms with Crippen LogP contribution >= 0.6 is 23.4 Å². The molecular formula is C14H16ClN3O2S. The largest absolute Gasteiger partial charge is 0.481 e. The van der Waals surface area contributed by atoms with Crippen molar-refractivity contribution in [2.45, 2.75) is 32.0 Å². The van der Waals surface area contributed by atoms with Gasteiger partial charge in [0.05, 0.1) is 5.75 Å². The van der Waals surface area contributed by atoms with Crippen molar-refractivity contribution in [2.75, 3.05) is 5.75 Å². The van der Waals surface area contributed by atoms with Gasteiger partial charge in [0, 0.05) is 17.1 Å². The second-order valence-corrected chi connectivity index (χ2v) is 5.95. The van der Waals surface area contributed by atoms with Crippen molar-refractivity contribution >= 4 is 29.3 Å². The van der Waals surface area contributed by atoms with Crippen molar-refractivity contribution in [3.8, 4) is 11.4 Å². The molecule has 0 amide bonds. The summed E-state index contributed by atoms with van der Waals surface area (Å²) in [5.41, 5.74) is 1.89. The van der Waals surface area contributed by atoms with E-state index in [-0.39, 0.29) is 5.75 Å². The minimum atomic E-state index is -0.869. The first-order valence-electron chi connectivity index (χ1n) is 6.57. The Balaban J connectivity index is 2.38. The van der Waals surface area contributed by atoms with Crippen molar-refractivity contribution in [3.63, 3.8) is 0 Å². The van der Waals surface area contributed by atoms with Gasteiger partial charge in [0.15, 0.2) is 11.0 Å². The van der Waals surface area contributed by atoms with Crippen LogP contribution < -0.4 is 0 Å². The van der Waals surface area contributed by atoms with Gasteiger partial charge in [0.1, 0.15) is 0 Å².